The highest BCUT2D eigenvalue weighted by molar-refractivity contribution is 7.98. The zero-order valence-corrected chi connectivity index (χ0v) is 11.6. The third-order valence-corrected chi connectivity index (χ3v) is 3.71. The average Bonchev–Trinajstić information content (AvgIpc) is 2.46. The lowest BCUT2D eigenvalue weighted by Gasteiger charge is -2.16. The van der Waals surface area contributed by atoms with E-state index in [0.29, 0.717) is 5.92 Å². The van der Waals surface area contributed by atoms with Gasteiger partial charge in [0.05, 0.1) is 0 Å². The molecule has 3 heteroatoms. The summed E-state index contributed by atoms with van der Waals surface area (Å²) in [7, 11) is 1.98. The molecule has 1 heterocycles. The zero-order chi connectivity index (χ0) is 12.8. The maximum absolute atomic E-state index is 4.47. The number of hydrogen-bond acceptors (Lipinski definition) is 3. The molecule has 2 aromatic rings. The van der Waals surface area contributed by atoms with Gasteiger partial charge in [-0.1, -0.05) is 18.2 Å². The van der Waals surface area contributed by atoms with Crippen LogP contribution in [0.2, 0.25) is 0 Å². The predicted octanol–water partition coefficient (Wildman–Crippen LogP) is 3.15. The van der Waals surface area contributed by atoms with Gasteiger partial charge in [0.1, 0.15) is 0 Å². The number of hydrogen-bond donors (Lipinski definition) is 1. The summed E-state index contributed by atoms with van der Waals surface area (Å²) < 4.78 is 0. The van der Waals surface area contributed by atoms with E-state index in [1.165, 1.54) is 10.5 Å². The summed E-state index contributed by atoms with van der Waals surface area (Å²) in [4.78, 5) is 5.77. The highest BCUT2D eigenvalue weighted by atomic mass is 32.2. The first-order valence-electron chi connectivity index (χ1n) is 6.04. The summed E-state index contributed by atoms with van der Waals surface area (Å²) in [6.07, 6.45) is 3.95. The Labute approximate surface area is 113 Å². The first-order valence-corrected chi connectivity index (χ1v) is 7.27. The van der Waals surface area contributed by atoms with Crippen molar-refractivity contribution in [1.29, 1.82) is 0 Å². The van der Waals surface area contributed by atoms with Crippen molar-refractivity contribution in [3.05, 3.63) is 59.9 Å². The van der Waals surface area contributed by atoms with E-state index in [2.05, 4.69) is 46.9 Å². The Kier molecular flexibility index (Phi) is 4.79. The van der Waals surface area contributed by atoms with Crippen LogP contribution < -0.4 is 5.32 Å². The molecule has 1 unspecified atom stereocenters. The molecule has 0 aliphatic carbocycles. The minimum Gasteiger partial charge on any atom is -0.319 e. The van der Waals surface area contributed by atoms with E-state index in [1.54, 1.807) is 11.8 Å². The normalized spacial score (nSPS) is 12.3. The van der Waals surface area contributed by atoms with Gasteiger partial charge in [-0.05, 0) is 43.1 Å². The minimum absolute atomic E-state index is 0.312. The maximum atomic E-state index is 4.47. The largest absolute Gasteiger partial charge is 0.319 e. The molecule has 1 N–H and O–H groups in total. The van der Waals surface area contributed by atoms with Crippen molar-refractivity contribution in [3.63, 3.8) is 0 Å². The van der Waals surface area contributed by atoms with Crippen molar-refractivity contribution in [2.24, 2.45) is 0 Å². The van der Waals surface area contributed by atoms with Crippen LogP contribution in [0.1, 0.15) is 17.2 Å². The number of aromatic nitrogens is 1. The first kappa shape index (κ1) is 13.1. The van der Waals surface area contributed by atoms with Crippen molar-refractivity contribution in [2.75, 3.05) is 19.8 Å². The summed E-state index contributed by atoms with van der Waals surface area (Å²) in [5, 5.41) is 3.25. The number of benzene rings is 1. The molecule has 0 saturated heterocycles. The van der Waals surface area contributed by atoms with Gasteiger partial charge in [-0.15, -0.1) is 11.8 Å². The molecule has 18 heavy (non-hydrogen) atoms. The van der Waals surface area contributed by atoms with E-state index in [9.17, 15) is 0 Å². The molecule has 1 aromatic carbocycles. The summed E-state index contributed by atoms with van der Waals surface area (Å²) in [5.41, 5.74) is 2.42. The highest BCUT2D eigenvalue weighted by Gasteiger charge is 2.14. The second-order valence-electron chi connectivity index (χ2n) is 4.14. The van der Waals surface area contributed by atoms with Gasteiger partial charge in [-0.2, -0.15) is 0 Å². The Bertz CT molecular complexity index is 468. The molecular weight excluding hydrogens is 240 g/mol. The van der Waals surface area contributed by atoms with E-state index >= 15 is 0 Å². The Morgan fingerprint density at radius 2 is 1.94 bits per heavy atom. The van der Waals surface area contributed by atoms with Crippen LogP contribution in [0.3, 0.4) is 0 Å². The molecule has 2 nitrogen and oxygen atoms in total. The lowest BCUT2D eigenvalue weighted by atomic mass is 9.95. The van der Waals surface area contributed by atoms with Gasteiger partial charge in [0, 0.05) is 29.2 Å². The molecule has 2 rings (SSSR count). The average molecular weight is 258 g/mol. The number of thioether (sulfide) groups is 1. The second kappa shape index (κ2) is 6.57. The number of nitrogens with zero attached hydrogens (tertiary/aromatic N) is 1. The number of rotatable bonds is 5. The van der Waals surface area contributed by atoms with Crippen LogP contribution >= 0.6 is 11.8 Å². The topological polar surface area (TPSA) is 24.9 Å². The molecule has 0 spiro atoms. The van der Waals surface area contributed by atoms with Crippen LogP contribution in [0.4, 0.5) is 0 Å². The van der Waals surface area contributed by atoms with Crippen LogP contribution in [-0.4, -0.2) is 24.8 Å². The lowest BCUT2D eigenvalue weighted by molar-refractivity contribution is 0.691. The molecule has 0 amide bonds. The van der Waals surface area contributed by atoms with Gasteiger partial charge in [0.2, 0.25) is 0 Å². The second-order valence-corrected chi connectivity index (χ2v) is 5.02. The molecule has 1 atom stereocenters. The fraction of sp³-hybridized carbons (Fsp3) is 0.267. The molecule has 1 aromatic heterocycles. The molecular formula is C15H18N2S. The molecule has 0 aliphatic rings. The van der Waals surface area contributed by atoms with Crippen molar-refractivity contribution in [1.82, 2.24) is 10.3 Å². The zero-order valence-electron chi connectivity index (χ0n) is 10.8. The Balaban J connectivity index is 2.29. The summed E-state index contributed by atoms with van der Waals surface area (Å²) >= 11 is 1.77. The number of pyridine rings is 1. The van der Waals surface area contributed by atoms with Gasteiger partial charge in [0.25, 0.3) is 0 Å². The highest BCUT2D eigenvalue weighted by Crippen LogP contribution is 2.24. The van der Waals surface area contributed by atoms with Crippen molar-refractivity contribution < 1.29 is 0 Å². The van der Waals surface area contributed by atoms with E-state index in [1.807, 2.05) is 25.4 Å². The van der Waals surface area contributed by atoms with Gasteiger partial charge in [-0.25, -0.2) is 0 Å². The standard InChI is InChI=1S/C15H18N2S/c1-16-11-14(15-5-3-4-10-17-15)12-6-8-13(18-2)9-7-12/h3-10,14,16H,11H2,1-2H3. The van der Waals surface area contributed by atoms with Gasteiger partial charge in [-0.3, -0.25) is 4.98 Å². The Morgan fingerprint density at radius 1 is 1.17 bits per heavy atom. The summed E-state index contributed by atoms with van der Waals surface area (Å²) in [5.74, 6) is 0.312. The molecule has 0 bridgehead atoms. The van der Waals surface area contributed by atoms with Gasteiger partial charge >= 0.3 is 0 Å². The third-order valence-electron chi connectivity index (χ3n) is 2.97. The van der Waals surface area contributed by atoms with E-state index in [-0.39, 0.29) is 0 Å². The summed E-state index contributed by atoms with van der Waals surface area (Å²) in [6, 6.07) is 14.8. The molecule has 94 valence electrons. The molecule has 0 fully saturated rings. The van der Waals surface area contributed by atoms with Crippen molar-refractivity contribution in [3.8, 4) is 0 Å². The van der Waals surface area contributed by atoms with Crippen LogP contribution in [0.15, 0.2) is 53.6 Å². The fourth-order valence-electron chi connectivity index (χ4n) is 2.02. The number of nitrogens with one attached hydrogen (secondary N) is 1. The van der Waals surface area contributed by atoms with E-state index in [4.69, 9.17) is 0 Å². The predicted molar refractivity (Wildman–Crippen MR) is 78.2 cm³/mol. The number of likely N-dealkylation sites (N-methyl/N-ethyl adjacent to an activating group) is 1. The van der Waals surface area contributed by atoms with Gasteiger partial charge in [0.15, 0.2) is 0 Å². The van der Waals surface area contributed by atoms with Crippen LogP contribution in [0, 0.1) is 0 Å². The Hall–Kier alpha value is -1.32. The minimum atomic E-state index is 0.312. The van der Waals surface area contributed by atoms with E-state index < -0.39 is 0 Å². The SMILES string of the molecule is CNCC(c1ccc(SC)cc1)c1ccccn1. The third kappa shape index (κ3) is 3.12. The Morgan fingerprint density at radius 3 is 2.50 bits per heavy atom. The van der Waals surface area contributed by atoms with E-state index in [0.717, 1.165) is 12.2 Å². The monoisotopic (exact) mass is 258 g/mol. The summed E-state index contributed by atoms with van der Waals surface area (Å²) in [6.45, 7) is 0.898. The molecule has 0 radical (unpaired) electrons. The van der Waals surface area contributed by atoms with Crippen molar-refractivity contribution in [2.45, 2.75) is 10.8 Å². The van der Waals surface area contributed by atoms with Crippen LogP contribution in [0.5, 0.6) is 0 Å². The molecule has 0 saturated carbocycles. The van der Waals surface area contributed by atoms with Crippen molar-refractivity contribution >= 4 is 11.8 Å². The maximum Gasteiger partial charge on any atom is 0.0491 e. The van der Waals surface area contributed by atoms with Crippen LogP contribution in [0.25, 0.3) is 0 Å². The first-order chi connectivity index (χ1) is 8.85. The van der Waals surface area contributed by atoms with Crippen LogP contribution in [-0.2, 0) is 0 Å². The smallest absolute Gasteiger partial charge is 0.0491 e. The quantitative estimate of drug-likeness (QED) is 0.834. The fourth-order valence-corrected chi connectivity index (χ4v) is 2.42. The molecule has 0 aliphatic heterocycles. The van der Waals surface area contributed by atoms with Gasteiger partial charge < -0.3 is 5.32 Å². The lowest BCUT2D eigenvalue weighted by Crippen LogP contribution is -2.19.